The molecule has 2 atom stereocenters. The number of rotatable bonds is 3. The van der Waals surface area contributed by atoms with E-state index in [1.165, 1.54) is 0 Å². The molecule has 5 nitrogen and oxygen atoms in total. The van der Waals surface area contributed by atoms with Gasteiger partial charge in [0, 0.05) is 13.1 Å². The lowest BCUT2D eigenvalue weighted by molar-refractivity contribution is -0.122. The van der Waals surface area contributed by atoms with E-state index in [4.69, 9.17) is 21.7 Å². The third kappa shape index (κ3) is 4.99. The van der Waals surface area contributed by atoms with Crippen molar-refractivity contribution in [1.29, 1.82) is 0 Å². The fourth-order valence-electron chi connectivity index (χ4n) is 2.24. The zero-order valence-corrected chi connectivity index (χ0v) is 13.1. The Hall–Kier alpha value is -1.66. The molecule has 0 radical (unpaired) electrons. The second kappa shape index (κ2) is 7.38. The van der Waals surface area contributed by atoms with Crippen LogP contribution in [0.1, 0.15) is 13.8 Å². The Balaban J connectivity index is 1.78. The van der Waals surface area contributed by atoms with Crippen molar-refractivity contribution >= 4 is 23.2 Å². The number of morpholine rings is 1. The second-order valence-corrected chi connectivity index (χ2v) is 5.50. The van der Waals surface area contributed by atoms with E-state index in [9.17, 15) is 4.79 Å². The summed E-state index contributed by atoms with van der Waals surface area (Å²) >= 11 is 5.27. The van der Waals surface area contributed by atoms with Gasteiger partial charge in [-0.25, -0.2) is 0 Å². The lowest BCUT2D eigenvalue weighted by atomic mass is 10.2. The van der Waals surface area contributed by atoms with Crippen molar-refractivity contribution in [2.75, 3.05) is 19.7 Å². The number of hydrogen-bond acceptors (Lipinski definition) is 4. The summed E-state index contributed by atoms with van der Waals surface area (Å²) in [5, 5.41) is 3.13. The van der Waals surface area contributed by atoms with E-state index >= 15 is 0 Å². The molecular weight excluding hydrogens is 288 g/mol. The van der Waals surface area contributed by atoms with E-state index in [0.717, 1.165) is 0 Å². The lowest BCUT2D eigenvalue weighted by Gasteiger charge is -2.36. The van der Waals surface area contributed by atoms with Crippen LogP contribution in [0, 0.1) is 0 Å². The van der Waals surface area contributed by atoms with Gasteiger partial charge in [-0.2, -0.15) is 0 Å². The van der Waals surface area contributed by atoms with Crippen molar-refractivity contribution in [3.63, 3.8) is 0 Å². The Kier molecular flexibility index (Phi) is 5.52. The van der Waals surface area contributed by atoms with E-state index in [-0.39, 0.29) is 24.7 Å². The van der Waals surface area contributed by atoms with Crippen LogP contribution in [-0.4, -0.2) is 47.8 Å². The molecule has 1 saturated heterocycles. The Morgan fingerprint density at radius 2 is 1.95 bits per heavy atom. The first-order chi connectivity index (χ1) is 10.0. The highest BCUT2D eigenvalue weighted by Crippen LogP contribution is 2.11. The van der Waals surface area contributed by atoms with Crippen LogP contribution < -0.4 is 10.1 Å². The molecule has 0 saturated carbocycles. The Morgan fingerprint density at radius 1 is 1.33 bits per heavy atom. The highest BCUT2D eigenvalue weighted by atomic mass is 32.1. The van der Waals surface area contributed by atoms with Gasteiger partial charge in [-0.05, 0) is 38.2 Å². The molecule has 2 unspecified atom stereocenters. The molecule has 1 aliphatic rings. The van der Waals surface area contributed by atoms with Gasteiger partial charge in [0.1, 0.15) is 5.75 Å². The fraction of sp³-hybridized carbons (Fsp3) is 0.467. The average molecular weight is 308 g/mol. The maximum absolute atomic E-state index is 11.9. The first-order valence-electron chi connectivity index (χ1n) is 6.96. The van der Waals surface area contributed by atoms with Crippen LogP contribution in [0.3, 0.4) is 0 Å². The molecule has 1 aliphatic heterocycles. The Labute approximate surface area is 130 Å². The summed E-state index contributed by atoms with van der Waals surface area (Å²) in [5.74, 6) is 0.405. The fourth-order valence-corrected chi connectivity index (χ4v) is 2.51. The zero-order chi connectivity index (χ0) is 15.2. The lowest BCUT2D eigenvalue weighted by Crippen LogP contribution is -2.53. The normalized spacial score (nSPS) is 21.7. The van der Waals surface area contributed by atoms with E-state index in [2.05, 4.69) is 5.32 Å². The third-order valence-electron chi connectivity index (χ3n) is 3.07. The summed E-state index contributed by atoms with van der Waals surface area (Å²) in [6.07, 6.45) is 0.202. The molecule has 1 aromatic rings. The molecule has 6 heteroatoms. The molecule has 0 bridgehead atoms. The minimum Gasteiger partial charge on any atom is -0.484 e. The number of carbonyl (C=O) groups excluding carboxylic acids is 1. The second-order valence-electron chi connectivity index (χ2n) is 5.12. The highest BCUT2D eigenvalue weighted by molar-refractivity contribution is 7.80. The zero-order valence-electron chi connectivity index (χ0n) is 12.2. The van der Waals surface area contributed by atoms with E-state index < -0.39 is 0 Å². The summed E-state index contributed by atoms with van der Waals surface area (Å²) in [7, 11) is 0. The van der Waals surface area contributed by atoms with E-state index in [1.54, 1.807) is 12.1 Å². The summed E-state index contributed by atoms with van der Waals surface area (Å²) < 4.78 is 11.0. The van der Waals surface area contributed by atoms with Crippen LogP contribution in [0.2, 0.25) is 0 Å². The van der Waals surface area contributed by atoms with Crippen molar-refractivity contribution in [3.05, 3.63) is 30.3 Å². The number of nitrogens with one attached hydrogen (secondary N) is 1. The number of ether oxygens (including phenoxy) is 2. The monoisotopic (exact) mass is 308 g/mol. The number of para-hydroxylation sites is 1. The largest absolute Gasteiger partial charge is 0.484 e. The SMILES string of the molecule is CC1CN(C(=S)NC(=O)COc2ccccc2)CC(C)O1. The summed E-state index contributed by atoms with van der Waals surface area (Å²) in [5.41, 5.74) is 0. The van der Waals surface area contributed by atoms with Crippen molar-refractivity contribution in [2.24, 2.45) is 0 Å². The van der Waals surface area contributed by atoms with Crippen LogP contribution in [0.25, 0.3) is 0 Å². The molecule has 21 heavy (non-hydrogen) atoms. The van der Waals surface area contributed by atoms with Gasteiger partial charge >= 0.3 is 0 Å². The van der Waals surface area contributed by atoms with Gasteiger partial charge in [-0.3, -0.25) is 4.79 Å². The van der Waals surface area contributed by atoms with Gasteiger partial charge in [-0.1, -0.05) is 18.2 Å². The van der Waals surface area contributed by atoms with Gasteiger partial charge in [0.25, 0.3) is 5.91 Å². The quantitative estimate of drug-likeness (QED) is 0.859. The molecule has 1 amide bonds. The van der Waals surface area contributed by atoms with Crippen LogP contribution in [-0.2, 0) is 9.53 Å². The minimum atomic E-state index is -0.254. The first kappa shape index (κ1) is 15.7. The highest BCUT2D eigenvalue weighted by Gasteiger charge is 2.24. The number of hydrogen-bond donors (Lipinski definition) is 1. The molecule has 0 aromatic heterocycles. The number of carbonyl (C=O) groups is 1. The third-order valence-corrected chi connectivity index (χ3v) is 3.43. The van der Waals surface area contributed by atoms with Crippen molar-refractivity contribution < 1.29 is 14.3 Å². The smallest absolute Gasteiger partial charge is 0.264 e. The maximum atomic E-state index is 11.9. The topological polar surface area (TPSA) is 50.8 Å². The number of thiocarbonyl (C=S) groups is 1. The molecule has 2 rings (SSSR count). The summed E-state index contributed by atoms with van der Waals surface area (Å²) in [6, 6.07) is 9.21. The molecule has 1 aromatic carbocycles. The molecule has 0 spiro atoms. The van der Waals surface area contributed by atoms with Crippen molar-refractivity contribution in [1.82, 2.24) is 10.2 Å². The minimum absolute atomic E-state index is 0.0560. The van der Waals surface area contributed by atoms with Gasteiger partial charge in [0.2, 0.25) is 0 Å². The van der Waals surface area contributed by atoms with Gasteiger partial charge in [0.05, 0.1) is 12.2 Å². The van der Waals surface area contributed by atoms with Gasteiger partial charge in [-0.15, -0.1) is 0 Å². The van der Waals surface area contributed by atoms with Gasteiger partial charge < -0.3 is 19.7 Å². The molecule has 1 N–H and O–H groups in total. The number of amides is 1. The Bertz CT molecular complexity index is 485. The molecule has 114 valence electrons. The summed E-state index contributed by atoms with van der Waals surface area (Å²) in [6.45, 7) is 5.29. The van der Waals surface area contributed by atoms with Crippen molar-refractivity contribution in [3.8, 4) is 5.75 Å². The van der Waals surface area contributed by atoms with E-state index in [1.807, 2.05) is 36.9 Å². The van der Waals surface area contributed by atoms with Gasteiger partial charge in [0.15, 0.2) is 11.7 Å². The van der Waals surface area contributed by atoms with Crippen LogP contribution in [0.4, 0.5) is 0 Å². The standard InChI is InChI=1S/C15H20N2O3S/c1-11-8-17(9-12(2)20-11)15(21)16-14(18)10-19-13-6-4-3-5-7-13/h3-7,11-12H,8-10H2,1-2H3,(H,16,18,21). The first-order valence-corrected chi connectivity index (χ1v) is 7.37. The molecule has 1 fully saturated rings. The predicted molar refractivity (Wildman–Crippen MR) is 84.3 cm³/mol. The average Bonchev–Trinajstić information content (AvgIpc) is 2.45. The maximum Gasteiger partial charge on any atom is 0.264 e. The predicted octanol–water partition coefficient (Wildman–Crippen LogP) is 1.58. The molecule has 0 aliphatic carbocycles. The van der Waals surface area contributed by atoms with Crippen LogP contribution >= 0.6 is 12.2 Å². The van der Waals surface area contributed by atoms with Crippen molar-refractivity contribution in [2.45, 2.75) is 26.1 Å². The molecular formula is C15H20N2O3S. The summed E-state index contributed by atoms with van der Waals surface area (Å²) in [4.78, 5) is 13.8. The van der Waals surface area contributed by atoms with Crippen LogP contribution in [0.5, 0.6) is 5.75 Å². The Morgan fingerprint density at radius 3 is 2.57 bits per heavy atom. The number of nitrogens with zero attached hydrogens (tertiary/aromatic N) is 1. The molecule has 1 heterocycles. The number of benzene rings is 1. The van der Waals surface area contributed by atoms with E-state index in [0.29, 0.717) is 24.0 Å². The van der Waals surface area contributed by atoms with Crippen LogP contribution in [0.15, 0.2) is 30.3 Å².